The quantitative estimate of drug-likeness (QED) is 0.301. The van der Waals surface area contributed by atoms with Crippen molar-refractivity contribution in [1.82, 2.24) is 4.90 Å². The molecule has 1 saturated heterocycles. The number of halogens is 1. The van der Waals surface area contributed by atoms with Crippen LogP contribution in [-0.4, -0.2) is 57.1 Å². The van der Waals surface area contributed by atoms with Gasteiger partial charge in [0.25, 0.3) is 5.91 Å². The van der Waals surface area contributed by atoms with Gasteiger partial charge in [0.05, 0.1) is 26.2 Å². The Hall–Kier alpha value is -4.85. The number of ether oxygens (including phenoxy) is 2. The average molecular weight is 566 g/mol. The molecule has 0 unspecified atom stereocenters. The third-order valence-electron chi connectivity index (χ3n) is 8.20. The Bertz CT molecular complexity index is 1570. The van der Waals surface area contributed by atoms with Crippen LogP contribution in [0.25, 0.3) is 0 Å². The van der Waals surface area contributed by atoms with Crippen LogP contribution in [-0.2, 0) is 4.79 Å². The number of hydrogen-bond donors (Lipinski definition) is 0. The van der Waals surface area contributed by atoms with Gasteiger partial charge in [-0.05, 0) is 77.9 Å². The van der Waals surface area contributed by atoms with E-state index in [-0.39, 0.29) is 17.6 Å². The van der Waals surface area contributed by atoms with E-state index >= 15 is 0 Å². The van der Waals surface area contributed by atoms with E-state index in [2.05, 4.69) is 4.90 Å². The summed E-state index contributed by atoms with van der Waals surface area (Å²) in [5.74, 6) is 0.263. The van der Waals surface area contributed by atoms with E-state index in [0.29, 0.717) is 48.9 Å². The largest absolute Gasteiger partial charge is 0.497 e. The first-order valence-corrected chi connectivity index (χ1v) is 14.0. The van der Waals surface area contributed by atoms with E-state index in [1.54, 1.807) is 37.3 Å². The van der Waals surface area contributed by atoms with E-state index < -0.39 is 12.0 Å². The lowest BCUT2D eigenvalue weighted by Gasteiger charge is -2.44. The smallest absolute Gasteiger partial charge is 0.259 e. The van der Waals surface area contributed by atoms with Crippen LogP contribution in [0.3, 0.4) is 0 Å². The Kier molecular flexibility index (Phi) is 7.52. The van der Waals surface area contributed by atoms with Crippen LogP contribution in [0.4, 0.5) is 15.8 Å². The minimum absolute atomic E-state index is 0.0342. The van der Waals surface area contributed by atoms with Gasteiger partial charge in [-0.1, -0.05) is 30.3 Å². The molecule has 8 heteroatoms. The zero-order valence-electron chi connectivity index (χ0n) is 23.6. The number of amides is 2. The maximum atomic E-state index is 14.6. The first kappa shape index (κ1) is 27.3. The summed E-state index contributed by atoms with van der Waals surface area (Å²) in [6, 6.07) is 28.2. The Morgan fingerprint density at radius 3 is 1.93 bits per heavy atom. The number of hydrogen-bond acceptors (Lipinski definition) is 5. The molecule has 7 nitrogen and oxygen atoms in total. The number of piperazine rings is 1. The third kappa shape index (κ3) is 5.04. The van der Waals surface area contributed by atoms with E-state index in [9.17, 15) is 14.0 Å². The molecule has 0 radical (unpaired) electrons. The molecule has 1 fully saturated rings. The molecule has 2 aliphatic heterocycles. The SMILES string of the molecule is COc1ccc([C@H]2[C@H](C(=O)N3CCN(c4ccc(F)cc4)CC3)c3ccccc3C(=O)N2c2ccc(OC)cc2)cc1. The van der Waals surface area contributed by atoms with Crippen molar-refractivity contribution in [2.45, 2.75) is 12.0 Å². The molecule has 0 spiro atoms. The van der Waals surface area contributed by atoms with Crippen molar-refractivity contribution < 1.29 is 23.5 Å². The molecule has 2 amide bonds. The number of benzene rings is 4. The van der Waals surface area contributed by atoms with Crippen LogP contribution < -0.4 is 19.3 Å². The predicted octanol–water partition coefficient (Wildman–Crippen LogP) is 5.68. The maximum Gasteiger partial charge on any atom is 0.259 e. The van der Waals surface area contributed by atoms with Gasteiger partial charge in [-0.25, -0.2) is 4.39 Å². The third-order valence-corrected chi connectivity index (χ3v) is 8.20. The van der Waals surface area contributed by atoms with Crippen molar-refractivity contribution in [3.05, 3.63) is 120 Å². The highest BCUT2D eigenvalue weighted by atomic mass is 19.1. The summed E-state index contributed by atoms with van der Waals surface area (Å²) in [4.78, 5) is 34.5. The maximum absolute atomic E-state index is 14.6. The summed E-state index contributed by atoms with van der Waals surface area (Å²) >= 11 is 0. The van der Waals surface area contributed by atoms with Gasteiger partial charge in [-0.3, -0.25) is 14.5 Å². The summed E-state index contributed by atoms with van der Waals surface area (Å²) in [5.41, 5.74) is 3.67. The molecule has 4 aromatic rings. The Morgan fingerprint density at radius 2 is 1.31 bits per heavy atom. The van der Waals surface area contributed by atoms with Crippen LogP contribution in [0.1, 0.15) is 33.4 Å². The second-order valence-corrected chi connectivity index (χ2v) is 10.4. The van der Waals surface area contributed by atoms with Gasteiger partial charge >= 0.3 is 0 Å². The fourth-order valence-electron chi connectivity index (χ4n) is 6.00. The molecule has 4 aromatic carbocycles. The van der Waals surface area contributed by atoms with E-state index in [0.717, 1.165) is 16.8 Å². The molecular weight excluding hydrogens is 533 g/mol. The Labute approximate surface area is 244 Å². The molecule has 214 valence electrons. The lowest BCUT2D eigenvalue weighted by molar-refractivity contribution is -0.133. The summed E-state index contributed by atoms with van der Waals surface area (Å²) in [6.45, 7) is 2.28. The molecular formula is C34H32FN3O4. The minimum atomic E-state index is -0.633. The molecule has 0 N–H and O–H groups in total. The summed E-state index contributed by atoms with van der Waals surface area (Å²) < 4.78 is 24.2. The normalized spacial score (nSPS) is 18.5. The fourth-order valence-corrected chi connectivity index (χ4v) is 6.00. The second kappa shape index (κ2) is 11.6. The van der Waals surface area contributed by atoms with Crippen LogP contribution in [0.15, 0.2) is 97.1 Å². The monoisotopic (exact) mass is 565 g/mol. The average Bonchev–Trinajstić information content (AvgIpc) is 3.05. The van der Waals surface area contributed by atoms with Crippen LogP contribution in [0.2, 0.25) is 0 Å². The van der Waals surface area contributed by atoms with Gasteiger partial charge in [-0.15, -0.1) is 0 Å². The highest BCUT2D eigenvalue weighted by molar-refractivity contribution is 6.11. The predicted molar refractivity (Wildman–Crippen MR) is 160 cm³/mol. The molecule has 2 heterocycles. The Balaban J connectivity index is 1.40. The van der Waals surface area contributed by atoms with E-state index in [1.807, 2.05) is 71.6 Å². The van der Waals surface area contributed by atoms with Crippen LogP contribution in [0.5, 0.6) is 11.5 Å². The number of methoxy groups -OCH3 is 2. The fraction of sp³-hybridized carbons (Fsp3) is 0.235. The van der Waals surface area contributed by atoms with Crippen LogP contribution in [0, 0.1) is 5.82 Å². The standard InChI is InChI=1S/C34H32FN3O4/c1-41-27-15-7-23(8-16-27)32-31(34(40)37-21-19-36(20-22-37)25-11-9-24(35)10-12-25)29-5-3-4-6-30(29)33(39)38(32)26-13-17-28(42-2)18-14-26/h3-18,31-32H,19-22H2,1-2H3/t31-,32+/m1/s1. The second-order valence-electron chi connectivity index (χ2n) is 10.4. The topological polar surface area (TPSA) is 62.3 Å². The van der Waals surface area contributed by atoms with Crippen LogP contribution >= 0.6 is 0 Å². The molecule has 0 aliphatic carbocycles. The molecule has 2 aliphatic rings. The van der Waals surface area contributed by atoms with Gasteiger partial charge in [0.15, 0.2) is 0 Å². The zero-order valence-corrected chi connectivity index (χ0v) is 23.6. The number of carbonyl (C=O) groups is 2. The van der Waals surface area contributed by atoms with Gasteiger partial charge < -0.3 is 19.3 Å². The van der Waals surface area contributed by atoms with Gasteiger partial charge in [0.1, 0.15) is 17.3 Å². The van der Waals surface area contributed by atoms with Crippen molar-refractivity contribution in [3.63, 3.8) is 0 Å². The van der Waals surface area contributed by atoms with Crippen molar-refractivity contribution in [2.24, 2.45) is 0 Å². The van der Waals surface area contributed by atoms with E-state index in [4.69, 9.17) is 9.47 Å². The van der Waals surface area contributed by atoms with Crippen molar-refractivity contribution in [2.75, 3.05) is 50.2 Å². The highest BCUT2D eigenvalue weighted by Gasteiger charge is 2.46. The molecule has 2 atom stereocenters. The lowest BCUT2D eigenvalue weighted by atomic mass is 9.78. The molecule has 0 bridgehead atoms. The van der Waals surface area contributed by atoms with Gasteiger partial charge in [0.2, 0.25) is 5.91 Å². The first-order chi connectivity index (χ1) is 20.5. The molecule has 0 saturated carbocycles. The summed E-state index contributed by atoms with van der Waals surface area (Å²) in [5, 5.41) is 0. The number of fused-ring (bicyclic) bond motifs is 1. The Morgan fingerprint density at radius 1 is 0.738 bits per heavy atom. The number of nitrogens with zero attached hydrogens (tertiary/aromatic N) is 3. The van der Waals surface area contributed by atoms with Crippen molar-refractivity contribution in [3.8, 4) is 11.5 Å². The highest BCUT2D eigenvalue weighted by Crippen LogP contribution is 2.46. The summed E-state index contributed by atoms with van der Waals surface area (Å²) in [6.07, 6.45) is 0. The zero-order chi connectivity index (χ0) is 29.2. The number of anilines is 2. The van der Waals surface area contributed by atoms with Gasteiger partial charge in [-0.2, -0.15) is 0 Å². The summed E-state index contributed by atoms with van der Waals surface area (Å²) in [7, 11) is 3.21. The number of rotatable bonds is 6. The van der Waals surface area contributed by atoms with Gasteiger partial charge in [0, 0.05) is 43.1 Å². The molecule has 42 heavy (non-hydrogen) atoms. The first-order valence-electron chi connectivity index (χ1n) is 14.0. The minimum Gasteiger partial charge on any atom is -0.497 e. The molecule has 6 rings (SSSR count). The van der Waals surface area contributed by atoms with Crippen molar-refractivity contribution in [1.29, 1.82) is 0 Å². The van der Waals surface area contributed by atoms with Crippen molar-refractivity contribution >= 4 is 23.2 Å². The molecule has 0 aromatic heterocycles. The number of carbonyl (C=O) groups excluding carboxylic acids is 2. The van der Waals surface area contributed by atoms with E-state index in [1.165, 1.54) is 12.1 Å². The lowest BCUT2D eigenvalue weighted by Crippen LogP contribution is -2.53.